The van der Waals surface area contributed by atoms with Crippen LogP contribution >= 0.6 is 0 Å². The third-order valence-electron chi connectivity index (χ3n) is 4.24. The van der Waals surface area contributed by atoms with Crippen LogP contribution in [0.2, 0.25) is 0 Å². The van der Waals surface area contributed by atoms with Crippen LogP contribution in [0.5, 0.6) is 0 Å². The average molecular weight is 339 g/mol. The van der Waals surface area contributed by atoms with Gasteiger partial charge in [0.1, 0.15) is 0 Å². The van der Waals surface area contributed by atoms with E-state index < -0.39 is 5.82 Å². The van der Waals surface area contributed by atoms with Crippen molar-refractivity contribution in [3.8, 4) is 17.5 Å². The summed E-state index contributed by atoms with van der Waals surface area (Å²) in [5.41, 5.74) is 1.14. The molecule has 25 heavy (non-hydrogen) atoms. The van der Waals surface area contributed by atoms with Gasteiger partial charge in [-0.15, -0.1) is 0 Å². The zero-order chi connectivity index (χ0) is 17.8. The molecule has 1 atom stereocenters. The molecule has 1 N–H and O–H groups in total. The first-order chi connectivity index (χ1) is 12.1. The normalized spacial score (nSPS) is 17.0. The summed E-state index contributed by atoms with van der Waals surface area (Å²) in [7, 11) is 1.58. The van der Waals surface area contributed by atoms with E-state index in [0.717, 1.165) is 19.0 Å². The highest BCUT2D eigenvalue weighted by molar-refractivity contribution is 5.95. The molecule has 2 aromatic rings. The molecule has 1 aromatic carbocycles. The number of aromatic nitrogens is 2. The first-order valence-corrected chi connectivity index (χ1v) is 8.12. The topological polar surface area (TPSA) is 81.9 Å². The van der Waals surface area contributed by atoms with Crippen molar-refractivity contribution in [3.63, 3.8) is 0 Å². The molecular formula is C18H18FN5O. The second-order valence-electron chi connectivity index (χ2n) is 5.94. The van der Waals surface area contributed by atoms with Gasteiger partial charge in [-0.05, 0) is 25.0 Å². The SMILES string of the molecule is CNc1nc(-c2cccc(C(=O)N3CCC[C@@H](C#N)C3)c2)ncc1F. The van der Waals surface area contributed by atoms with Crippen molar-refractivity contribution in [1.82, 2.24) is 14.9 Å². The number of likely N-dealkylation sites (tertiary alicyclic amines) is 1. The number of rotatable bonds is 3. The van der Waals surface area contributed by atoms with Crippen molar-refractivity contribution in [2.24, 2.45) is 5.92 Å². The maximum absolute atomic E-state index is 13.5. The summed E-state index contributed by atoms with van der Waals surface area (Å²) in [5, 5.41) is 11.8. The first kappa shape index (κ1) is 16.8. The number of anilines is 1. The van der Waals surface area contributed by atoms with Crippen molar-refractivity contribution in [2.45, 2.75) is 12.8 Å². The molecule has 1 aliphatic rings. The fourth-order valence-electron chi connectivity index (χ4n) is 2.92. The van der Waals surface area contributed by atoms with E-state index in [1.54, 1.807) is 36.2 Å². The largest absolute Gasteiger partial charge is 0.371 e. The fourth-order valence-corrected chi connectivity index (χ4v) is 2.92. The van der Waals surface area contributed by atoms with Crippen LogP contribution in [0.15, 0.2) is 30.5 Å². The minimum atomic E-state index is -0.533. The molecule has 1 amide bonds. The molecule has 1 saturated heterocycles. The van der Waals surface area contributed by atoms with E-state index in [4.69, 9.17) is 5.26 Å². The Kier molecular flexibility index (Phi) is 4.89. The summed E-state index contributed by atoms with van der Waals surface area (Å²) in [6.45, 7) is 1.11. The summed E-state index contributed by atoms with van der Waals surface area (Å²) >= 11 is 0. The highest BCUT2D eigenvalue weighted by atomic mass is 19.1. The Morgan fingerprint density at radius 3 is 3.08 bits per heavy atom. The van der Waals surface area contributed by atoms with Gasteiger partial charge in [-0.25, -0.2) is 14.4 Å². The van der Waals surface area contributed by atoms with E-state index in [1.807, 2.05) is 0 Å². The molecule has 1 aromatic heterocycles. The van der Waals surface area contributed by atoms with Gasteiger partial charge in [0.2, 0.25) is 0 Å². The summed E-state index contributed by atoms with van der Waals surface area (Å²) in [4.78, 5) is 22.6. The Labute approximate surface area is 145 Å². The number of piperidine rings is 1. The number of benzene rings is 1. The van der Waals surface area contributed by atoms with E-state index in [0.29, 0.717) is 30.0 Å². The Balaban J connectivity index is 1.86. The van der Waals surface area contributed by atoms with Crippen LogP contribution in [-0.2, 0) is 0 Å². The van der Waals surface area contributed by atoms with Crippen LogP contribution in [-0.4, -0.2) is 40.9 Å². The summed E-state index contributed by atoms with van der Waals surface area (Å²) in [6, 6.07) is 9.19. The molecular weight excluding hydrogens is 321 g/mol. The molecule has 0 bridgehead atoms. The van der Waals surface area contributed by atoms with Crippen molar-refractivity contribution in [1.29, 1.82) is 5.26 Å². The number of nitrogens with one attached hydrogen (secondary N) is 1. The standard InChI is InChI=1S/C18H18FN5O/c1-21-17-15(19)10-22-16(23-17)13-5-2-6-14(8-13)18(25)24-7-3-4-12(9-20)11-24/h2,5-6,8,10,12H,3-4,7,11H2,1H3,(H,21,22,23)/t12-/m0/s1. The van der Waals surface area contributed by atoms with Gasteiger partial charge in [-0.2, -0.15) is 5.26 Å². The molecule has 0 aliphatic carbocycles. The van der Waals surface area contributed by atoms with Gasteiger partial charge in [-0.1, -0.05) is 12.1 Å². The van der Waals surface area contributed by atoms with E-state index in [1.165, 1.54) is 0 Å². The smallest absolute Gasteiger partial charge is 0.253 e. The Morgan fingerprint density at radius 2 is 2.32 bits per heavy atom. The van der Waals surface area contributed by atoms with Gasteiger partial charge >= 0.3 is 0 Å². The number of nitriles is 1. The quantitative estimate of drug-likeness (QED) is 0.930. The molecule has 6 nitrogen and oxygen atoms in total. The maximum atomic E-state index is 13.5. The Morgan fingerprint density at radius 1 is 1.48 bits per heavy atom. The number of carbonyl (C=O) groups excluding carboxylic acids is 1. The number of hydrogen-bond acceptors (Lipinski definition) is 5. The second-order valence-corrected chi connectivity index (χ2v) is 5.94. The molecule has 1 fully saturated rings. The minimum Gasteiger partial charge on any atom is -0.371 e. The van der Waals surface area contributed by atoms with Gasteiger partial charge in [0.15, 0.2) is 17.5 Å². The molecule has 0 saturated carbocycles. The third-order valence-corrected chi connectivity index (χ3v) is 4.24. The highest BCUT2D eigenvalue weighted by Gasteiger charge is 2.24. The summed E-state index contributed by atoms with van der Waals surface area (Å²) < 4.78 is 13.5. The lowest BCUT2D eigenvalue weighted by molar-refractivity contribution is 0.0699. The molecule has 1 aliphatic heterocycles. The zero-order valence-corrected chi connectivity index (χ0v) is 13.9. The van der Waals surface area contributed by atoms with Gasteiger partial charge in [0.25, 0.3) is 5.91 Å². The number of halogens is 1. The van der Waals surface area contributed by atoms with E-state index in [-0.39, 0.29) is 17.6 Å². The molecule has 7 heteroatoms. The molecule has 3 rings (SSSR count). The van der Waals surface area contributed by atoms with E-state index >= 15 is 0 Å². The monoisotopic (exact) mass is 339 g/mol. The van der Waals surface area contributed by atoms with Gasteiger partial charge in [-0.3, -0.25) is 4.79 Å². The predicted octanol–water partition coefficient (Wildman–Crippen LogP) is 2.70. The second kappa shape index (κ2) is 7.26. The minimum absolute atomic E-state index is 0.106. The van der Waals surface area contributed by atoms with Crippen LogP contribution in [0.1, 0.15) is 23.2 Å². The lowest BCUT2D eigenvalue weighted by Gasteiger charge is -2.29. The maximum Gasteiger partial charge on any atom is 0.253 e. The van der Waals surface area contributed by atoms with E-state index in [2.05, 4.69) is 21.4 Å². The van der Waals surface area contributed by atoms with Crippen LogP contribution in [0.25, 0.3) is 11.4 Å². The Bertz CT molecular complexity index is 832. The van der Waals surface area contributed by atoms with Crippen LogP contribution in [0.3, 0.4) is 0 Å². The van der Waals surface area contributed by atoms with Crippen molar-refractivity contribution >= 4 is 11.7 Å². The molecule has 2 heterocycles. The molecule has 128 valence electrons. The lowest BCUT2D eigenvalue weighted by Crippen LogP contribution is -2.39. The summed E-state index contributed by atoms with van der Waals surface area (Å²) in [5.74, 6) is -0.310. The van der Waals surface area contributed by atoms with Crippen molar-refractivity contribution < 1.29 is 9.18 Å². The van der Waals surface area contributed by atoms with Gasteiger partial charge in [0, 0.05) is 31.3 Å². The molecule has 0 unspecified atom stereocenters. The number of nitrogens with zero attached hydrogens (tertiary/aromatic N) is 4. The number of carbonyl (C=O) groups is 1. The average Bonchev–Trinajstić information content (AvgIpc) is 2.68. The summed E-state index contributed by atoms with van der Waals surface area (Å²) in [6.07, 6.45) is 2.76. The Hall–Kier alpha value is -3.01. The highest BCUT2D eigenvalue weighted by Crippen LogP contribution is 2.22. The van der Waals surface area contributed by atoms with Crippen molar-refractivity contribution in [2.75, 3.05) is 25.5 Å². The molecule has 0 radical (unpaired) electrons. The first-order valence-electron chi connectivity index (χ1n) is 8.12. The fraction of sp³-hybridized carbons (Fsp3) is 0.333. The van der Waals surface area contributed by atoms with Gasteiger partial charge in [0.05, 0.1) is 18.2 Å². The number of amides is 1. The van der Waals surface area contributed by atoms with Crippen LogP contribution < -0.4 is 5.32 Å². The third kappa shape index (κ3) is 3.58. The van der Waals surface area contributed by atoms with Crippen molar-refractivity contribution in [3.05, 3.63) is 41.8 Å². The lowest BCUT2D eigenvalue weighted by atomic mass is 9.98. The van der Waals surface area contributed by atoms with Gasteiger partial charge < -0.3 is 10.2 Å². The predicted molar refractivity (Wildman–Crippen MR) is 91.2 cm³/mol. The van der Waals surface area contributed by atoms with E-state index in [9.17, 15) is 9.18 Å². The number of hydrogen-bond donors (Lipinski definition) is 1. The molecule has 0 spiro atoms. The zero-order valence-electron chi connectivity index (χ0n) is 13.9. The van der Waals surface area contributed by atoms with Crippen LogP contribution in [0, 0.1) is 23.1 Å². The van der Waals surface area contributed by atoms with Crippen LogP contribution in [0.4, 0.5) is 10.2 Å².